The van der Waals surface area contributed by atoms with Crippen LogP contribution < -0.4 is 0 Å². The van der Waals surface area contributed by atoms with E-state index in [1.807, 2.05) is 29.6 Å². The maximum atomic E-state index is 12.3. The Balaban J connectivity index is 1.53. The largest absolute Gasteiger partial charge is 0.376 e. The van der Waals surface area contributed by atoms with Crippen LogP contribution in [0, 0.1) is 12.8 Å². The summed E-state index contributed by atoms with van der Waals surface area (Å²) in [5.74, 6) is 0.850. The van der Waals surface area contributed by atoms with Gasteiger partial charge >= 0.3 is 0 Å². The predicted molar refractivity (Wildman–Crippen MR) is 85.3 cm³/mol. The molecule has 2 fully saturated rings. The monoisotopic (exact) mass is 303 g/mol. The average Bonchev–Trinajstić information content (AvgIpc) is 3.31. The van der Waals surface area contributed by atoms with E-state index in [-0.39, 0.29) is 12.0 Å². The van der Waals surface area contributed by atoms with Crippen molar-refractivity contribution in [2.24, 2.45) is 13.0 Å². The van der Waals surface area contributed by atoms with Crippen LogP contribution in [0.2, 0.25) is 0 Å². The number of amides is 1. The van der Waals surface area contributed by atoms with E-state index in [1.54, 1.807) is 12.3 Å². The minimum atomic E-state index is 0.0722. The molecule has 2 heterocycles. The Hall–Kier alpha value is -1.62. The lowest BCUT2D eigenvalue weighted by atomic mass is 10.1. The van der Waals surface area contributed by atoms with Gasteiger partial charge in [0.15, 0.2) is 0 Å². The van der Waals surface area contributed by atoms with E-state index in [9.17, 15) is 4.79 Å². The molecule has 1 unspecified atom stereocenters. The summed E-state index contributed by atoms with van der Waals surface area (Å²) in [6.45, 7) is 4.43. The van der Waals surface area contributed by atoms with Gasteiger partial charge in [-0.1, -0.05) is 0 Å². The molecule has 5 heteroatoms. The van der Waals surface area contributed by atoms with Gasteiger partial charge in [-0.2, -0.15) is 5.10 Å². The van der Waals surface area contributed by atoms with Crippen molar-refractivity contribution in [1.29, 1.82) is 0 Å². The highest BCUT2D eigenvalue weighted by Crippen LogP contribution is 2.30. The minimum Gasteiger partial charge on any atom is -0.376 e. The molecule has 0 bridgehead atoms. The Morgan fingerprint density at radius 1 is 1.45 bits per heavy atom. The van der Waals surface area contributed by atoms with E-state index in [2.05, 4.69) is 5.10 Å². The van der Waals surface area contributed by atoms with E-state index in [0.717, 1.165) is 49.7 Å². The van der Waals surface area contributed by atoms with Crippen molar-refractivity contribution in [3.05, 3.63) is 23.5 Å². The summed E-state index contributed by atoms with van der Waals surface area (Å²) in [6, 6.07) is 0. The molecule has 22 heavy (non-hydrogen) atoms. The van der Waals surface area contributed by atoms with Crippen molar-refractivity contribution in [3.63, 3.8) is 0 Å². The zero-order chi connectivity index (χ0) is 15.5. The quantitative estimate of drug-likeness (QED) is 0.783. The minimum absolute atomic E-state index is 0.0722. The predicted octanol–water partition coefficient (Wildman–Crippen LogP) is 2.16. The highest BCUT2D eigenvalue weighted by Gasteiger charge is 2.26. The smallest absolute Gasteiger partial charge is 0.246 e. The van der Waals surface area contributed by atoms with Crippen LogP contribution in [-0.2, 0) is 16.6 Å². The van der Waals surface area contributed by atoms with Crippen molar-refractivity contribution in [2.75, 3.05) is 19.7 Å². The fourth-order valence-electron chi connectivity index (χ4n) is 2.78. The van der Waals surface area contributed by atoms with Gasteiger partial charge in [0.05, 0.1) is 12.3 Å². The molecule has 3 rings (SSSR count). The van der Waals surface area contributed by atoms with Crippen molar-refractivity contribution < 1.29 is 9.53 Å². The lowest BCUT2D eigenvalue weighted by Crippen LogP contribution is -2.42. The number of ether oxygens (including phenoxy) is 1. The number of carbonyl (C=O) groups excluding carboxylic acids is 1. The number of hydrogen-bond donors (Lipinski definition) is 0. The molecule has 0 radical (unpaired) electrons. The number of hydrogen-bond acceptors (Lipinski definition) is 3. The van der Waals surface area contributed by atoms with E-state index < -0.39 is 0 Å². The molecule has 1 aliphatic heterocycles. The van der Waals surface area contributed by atoms with Crippen molar-refractivity contribution in [3.8, 4) is 0 Å². The average molecular weight is 303 g/mol. The van der Waals surface area contributed by atoms with E-state index >= 15 is 0 Å². The van der Waals surface area contributed by atoms with Gasteiger partial charge in [-0.15, -0.1) is 0 Å². The summed E-state index contributed by atoms with van der Waals surface area (Å²) in [5.41, 5.74) is 2.06. The Morgan fingerprint density at radius 3 is 2.95 bits per heavy atom. The summed E-state index contributed by atoms with van der Waals surface area (Å²) in [7, 11) is 1.90. The van der Waals surface area contributed by atoms with Gasteiger partial charge in [-0.05, 0) is 44.6 Å². The topological polar surface area (TPSA) is 47.4 Å². The number of nitrogens with zero attached hydrogens (tertiary/aromatic N) is 3. The fraction of sp³-hybridized carbons (Fsp3) is 0.647. The lowest BCUT2D eigenvalue weighted by molar-refractivity contribution is -0.130. The summed E-state index contributed by atoms with van der Waals surface area (Å²) in [4.78, 5) is 14.2. The second-order valence-corrected chi connectivity index (χ2v) is 6.47. The Bertz CT molecular complexity index is 560. The molecule has 1 amide bonds. The third kappa shape index (κ3) is 3.77. The molecule has 1 aliphatic carbocycles. The van der Waals surface area contributed by atoms with E-state index in [1.165, 1.54) is 12.8 Å². The van der Waals surface area contributed by atoms with Crippen LogP contribution in [0.5, 0.6) is 0 Å². The van der Waals surface area contributed by atoms with Gasteiger partial charge in [-0.3, -0.25) is 9.48 Å². The highest BCUT2D eigenvalue weighted by atomic mass is 16.5. The molecule has 1 saturated carbocycles. The molecule has 0 spiro atoms. The summed E-state index contributed by atoms with van der Waals surface area (Å²) in [5, 5.41) is 4.19. The number of rotatable bonds is 5. The van der Waals surface area contributed by atoms with Gasteiger partial charge in [0.1, 0.15) is 0 Å². The SMILES string of the molecule is Cc1c(/C=C/C(=O)N2CCCC(OCC3CC3)C2)cnn1C. The first-order chi connectivity index (χ1) is 10.6. The first kappa shape index (κ1) is 15.3. The van der Waals surface area contributed by atoms with Gasteiger partial charge in [0.2, 0.25) is 5.91 Å². The lowest BCUT2D eigenvalue weighted by Gasteiger charge is -2.32. The molecule has 120 valence electrons. The van der Waals surface area contributed by atoms with Crippen LogP contribution in [0.3, 0.4) is 0 Å². The second kappa shape index (κ2) is 6.65. The molecule has 2 aliphatic rings. The van der Waals surface area contributed by atoms with E-state index in [0.29, 0.717) is 0 Å². The Morgan fingerprint density at radius 2 is 2.27 bits per heavy atom. The maximum absolute atomic E-state index is 12.3. The fourth-order valence-corrected chi connectivity index (χ4v) is 2.78. The van der Waals surface area contributed by atoms with Gasteiger partial charge in [0.25, 0.3) is 0 Å². The third-order valence-electron chi connectivity index (χ3n) is 4.63. The third-order valence-corrected chi connectivity index (χ3v) is 4.63. The summed E-state index contributed by atoms with van der Waals surface area (Å²) >= 11 is 0. The molecular weight excluding hydrogens is 278 g/mol. The first-order valence-corrected chi connectivity index (χ1v) is 8.20. The maximum Gasteiger partial charge on any atom is 0.246 e. The summed E-state index contributed by atoms with van der Waals surface area (Å²) in [6.07, 6.45) is 10.2. The van der Waals surface area contributed by atoms with Crippen LogP contribution in [0.4, 0.5) is 0 Å². The highest BCUT2D eigenvalue weighted by molar-refractivity contribution is 5.92. The molecule has 5 nitrogen and oxygen atoms in total. The van der Waals surface area contributed by atoms with Crippen LogP contribution in [0.15, 0.2) is 12.3 Å². The van der Waals surface area contributed by atoms with Crippen molar-refractivity contribution in [1.82, 2.24) is 14.7 Å². The van der Waals surface area contributed by atoms with Crippen LogP contribution in [0.25, 0.3) is 6.08 Å². The second-order valence-electron chi connectivity index (χ2n) is 6.47. The zero-order valence-corrected chi connectivity index (χ0v) is 13.5. The normalized spacial score (nSPS) is 22.5. The molecule has 1 saturated heterocycles. The van der Waals surface area contributed by atoms with Crippen molar-refractivity contribution >= 4 is 12.0 Å². The number of piperidine rings is 1. The standard InChI is InChI=1S/C17H25N3O2/c1-13-15(10-18-19(13)2)7-8-17(21)20-9-3-4-16(11-20)22-12-14-5-6-14/h7-8,10,14,16H,3-6,9,11-12H2,1-2H3/b8-7+. The van der Waals surface area contributed by atoms with Crippen LogP contribution >= 0.6 is 0 Å². The number of aryl methyl sites for hydroxylation is 1. The van der Waals surface area contributed by atoms with E-state index in [4.69, 9.17) is 4.74 Å². The molecule has 0 N–H and O–H groups in total. The molecule has 1 aromatic rings. The Labute approximate surface area is 131 Å². The zero-order valence-electron chi connectivity index (χ0n) is 13.5. The van der Waals surface area contributed by atoms with Gasteiger partial charge in [-0.25, -0.2) is 0 Å². The molecular formula is C17H25N3O2. The summed E-state index contributed by atoms with van der Waals surface area (Å²) < 4.78 is 7.75. The number of likely N-dealkylation sites (tertiary alicyclic amines) is 1. The molecule has 0 aromatic carbocycles. The first-order valence-electron chi connectivity index (χ1n) is 8.20. The number of carbonyl (C=O) groups is 1. The van der Waals surface area contributed by atoms with Gasteiger partial charge < -0.3 is 9.64 Å². The number of aromatic nitrogens is 2. The molecule has 1 aromatic heterocycles. The van der Waals surface area contributed by atoms with Crippen LogP contribution in [0.1, 0.15) is 36.9 Å². The van der Waals surface area contributed by atoms with Crippen molar-refractivity contribution in [2.45, 2.75) is 38.7 Å². The van der Waals surface area contributed by atoms with Crippen LogP contribution in [-0.4, -0.2) is 46.4 Å². The Kier molecular flexibility index (Phi) is 4.62. The molecule has 1 atom stereocenters. The van der Waals surface area contributed by atoms with Gasteiger partial charge in [0, 0.05) is 44.1 Å².